The van der Waals surface area contributed by atoms with Gasteiger partial charge in [0.05, 0.1) is 11.7 Å². The van der Waals surface area contributed by atoms with Crippen molar-refractivity contribution in [2.75, 3.05) is 4.90 Å². The highest BCUT2D eigenvalue weighted by molar-refractivity contribution is 6.06. The summed E-state index contributed by atoms with van der Waals surface area (Å²) < 4.78 is 68.7. The molecule has 2 atom stereocenters. The smallest absolute Gasteiger partial charge is 0.280 e. The van der Waals surface area contributed by atoms with Gasteiger partial charge in [-0.1, -0.05) is 0 Å². The number of fused-ring (bicyclic) bond motifs is 1. The van der Waals surface area contributed by atoms with Crippen molar-refractivity contribution >= 4 is 11.7 Å². The minimum absolute atomic E-state index is 0.0479. The summed E-state index contributed by atoms with van der Waals surface area (Å²) in [4.78, 5) is 13.2. The lowest BCUT2D eigenvalue weighted by Crippen LogP contribution is -2.53. The van der Waals surface area contributed by atoms with E-state index in [0.717, 1.165) is 0 Å². The molecule has 0 bridgehead atoms. The van der Waals surface area contributed by atoms with Crippen LogP contribution in [0.15, 0.2) is 24.3 Å². The van der Waals surface area contributed by atoms with Crippen LogP contribution in [0.3, 0.4) is 0 Å². The maximum atomic E-state index is 13.5. The lowest BCUT2D eigenvalue weighted by molar-refractivity contribution is -0.152. The summed E-state index contributed by atoms with van der Waals surface area (Å²) >= 11 is 0. The Morgan fingerprint density at radius 1 is 1.16 bits per heavy atom. The lowest BCUT2D eigenvalue weighted by atomic mass is 10.0. The highest BCUT2D eigenvalue weighted by atomic mass is 19.4. The predicted molar refractivity (Wildman–Crippen MR) is 79.3 cm³/mol. The van der Waals surface area contributed by atoms with E-state index in [0.29, 0.717) is 28.8 Å². The number of nitrogens with zero attached hydrogens (tertiary/aromatic N) is 3. The Hall–Kier alpha value is -2.45. The molecule has 1 aromatic heterocycles. The Morgan fingerprint density at radius 3 is 2.32 bits per heavy atom. The van der Waals surface area contributed by atoms with Crippen LogP contribution in [-0.2, 0) is 0 Å². The van der Waals surface area contributed by atoms with Gasteiger partial charge in [0.15, 0.2) is 0 Å². The molecule has 0 fully saturated rings. The number of hydrogen-bond donors (Lipinski definition) is 0. The summed E-state index contributed by atoms with van der Waals surface area (Å²) in [5, 5.41) is 4.12. The third kappa shape index (κ3) is 3.10. The zero-order valence-electron chi connectivity index (χ0n) is 13.3. The largest absolute Gasteiger partial charge is 0.409 e. The lowest BCUT2D eigenvalue weighted by Gasteiger charge is -2.39. The molecule has 0 saturated heterocycles. The maximum Gasteiger partial charge on any atom is 0.409 e. The molecule has 0 saturated carbocycles. The molecule has 1 aromatic carbocycles. The number of amides is 1. The number of carbonyl (C=O) groups is 1. The van der Waals surface area contributed by atoms with Crippen LogP contribution in [0.2, 0.25) is 0 Å². The molecule has 0 unspecified atom stereocenters. The van der Waals surface area contributed by atoms with Crippen LogP contribution in [0, 0.1) is 18.6 Å². The molecule has 4 nitrogen and oxygen atoms in total. The molecule has 0 spiro atoms. The summed E-state index contributed by atoms with van der Waals surface area (Å²) in [6.07, 6.45) is -5.10. The van der Waals surface area contributed by atoms with Crippen molar-refractivity contribution in [1.29, 1.82) is 0 Å². The third-order valence-corrected chi connectivity index (χ3v) is 4.08. The zero-order chi connectivity index (χ0) is 18.5. The fourth-order valence-corrected chi connectivity index (χ4v) is 3.04. The average Bonchev–Trinajstić information content (AvgIpc) is 2.86. The fourth-order valence-electron chi connectivity index (χ4n) is 3.04. The highest BCUT2D eigenvalue weighted by Gasteiger charge is 2.50. The van der Waals surface area contributed by atoms with E-state index in [2.05, 4.69) is 5.10 Å². The summed E-state index contributed by atoms with van der Waals surface area (Å²) in [5.41, 5.74) is -0.0559. The van der Waals surface area contributed by atoms with E-state index in [1.807, 2.05) is 0 Å². The molecule has 25 heavy (non-hydrogen) atoms. The minimum atomic E-state index is -4.70. The molecule has 0 aliphatic carbocycles. The van der Waals surface area contributed by atoms with E-state index in [1.165, 1.54) is 10.7 Å². The highest BCUT2D eigenvalue weighted by Crippen LogP contribution is 2.40. The molecule has 1 aliphatic heterocycles. The standard InChI is InChI=1S/C16H14F5N3O/c1-8-3-14-23(15(25)10-5-11(17)7-12(18)6-10)13(16(19,20)21)4-9(2)24(14)22-8/h3,5-7,9,13H,4H2,1-2H3/t9-,13+/m1/s1. The van der Waals surface area contributed by atoms with Crippen molar-refractivity contribution in [3.05, 3.63) is 47.2 Å². The molecule has 1 aliphatic rings. The molecule has 0 radical (unpaired) electrons. The Balaban J connectivity index is 2.14. The van der Waals surface area contributed by atoms with Crippen molar-refractivity contribution in [3.63, 3.8) is 0 Å². The first-order chi connectivity index (χ1) is 11.6. The summed E-state index contributed by atoms with van der Waals surface area (Å²) in [6, 6.07) is 0.634. The molecule has 1 amide bonds. The van der Waals surface area contributed by atoms with Gasteiger partial charge < -0.3 is 0 Å². The Kier molecular flexibility index (Phi) is 4.04. The van der Waals surface area contributed by atoms with Crippen molar-refractivity contribution in [2.24, 2.45) is 0 Å². The Morgan fingerprint density at radius 2 is 1.76 bits per heavy atom. The second-order valence-corrected chi connectivity index (χ2v) is 6.06. The molecular formula is C16H14F5N3O. The minimum Gasteiger partial charge on any atom is -0.280 e. The second-order valence-electron chi connectivity index (χ2n) is 6.06. The Labute approximate surface area is 139 Å². The monoisotopic (exact) mass is 359 g/mol. The normalized spacial score (nSPS) is 20.5. The first-order valence-electron chi connectivity index (χ1n) is 7.50. The molecule has 9 heteroatoms. The fraction of sp³-hybridized carbons (Fsp3) is 0.375. The van der Waals surface area contributed by atoms with Crippen LogP contribution in [-0.4, -0.2) is 27.9 Å². The van der Waals surface area contributed by atoms with Crippen molar-refractivity contribution in [1.82, 2.24) is 9.78 Å². The molecular weight excluding hydrogens is 345 g/mol. The van der Waals surface area contributed by atoms with Crippen molar-refractivity contribution in [2.45, 2.75) is 38.5 Å². The summed E-state index contributed by atoms with van der Waals surface area (Å²) in [6.45, 7) is 3.16. The van der Waals surface area contributed by atoms with Gasteiger partial charge in [-0.2, -0.15) is 18.3 Å². The van der Waals surface area contributed by atoms with Gasteiger partial charge in [-0.15, -0.1) is 0 Å². The van der Waals surface area contributed by atoms with E-state index in [1.54, 1.807) is 13.8 Å². The molecule has 2 aromatic rings. The topological polar surface area (TPSA) is 38.1 Å². The molecule has 3 rings (SSSR count). The molecule has 134 valence electrons. The Bertz CT molecular complexity index is 809. The van der Waals surface area contributed by atoms with Crippen LogP contribution >= 0.6 is 0 Å². The number of halogens is 5. The number of rotatable bonds is 1. The van der Waals surface area contributed by atoms with Crippen LogP contribution < -0.4 is 4.90 Å². The van der Waals surface area contributed by atoms with Gasteiger partial charge in [-0.05, 0) is 32.4 Å². The van der Waals surface area contributed by atoms with Gasteiger partial charge in [0.1, 0.15) is 23.5 Å². The average molecular weight is 359 g/mol. The quantitative estimate of drug-likeness (QED) is 0.722. The molecule has 2 heterocycles. The van der Waals surface area contributed by atoms with E-state index in [9.17, 15) is 26.7 Å². The third-order valence-electron chi connectivity index (χ3n) is 4.08. The first kappa shape index (κ1) is 17.4. The predicted octanol–water partition coefficient (Wildman–Crippen LogP) is 4.01. The summed E-state index contributed by atoms with van der Waals surface area (Å²) in [5.74, 6) is -3.26. The van der Waals surface area contributed by atoms with Gasteiger partial charge in [0, 0.05) is 17.7 Å². The zero-order valence-corrected chi connectivity index (χ0v) is 13.3. The van der Waals surface area contributed by atoms with Gasteiger partial charge in [0.2, 0.25) is 0 Å². The van der Waals surface area contributed by atoms with E-state index < -0.39 is 47.8 Å². The van der Waals surface area contributed by atoms with E-state index in [-0.39, 0.29) is 5.82 Å². The van der Waals surface area contributed by atoms with Gasteiger partial charge in [-0.3, -0.25) is 9.69 Å². The van der Waals surface area contributed by atoms with E-state index >= 15 is 0 Å². The number of hydrogen-bond acceptors (Lipinski definition) is 2. The number of anilines is 1. The van der Waals surface area contributed by atoms with Crippen molar-refractivity contribution < 1.29 is 26.7 Å². The van der Waals surface area contributed by atoms with Gasteiger partial charge >= 0.3 is 6.18 Å². The van der Waals surface area contributed by atoms with Crippen LogP contribution in [0.25, 0.3) is 0 Å². The molecule has 0 N–H and O–H groups in total. The maximum absolute atomic E-state index is 13.5. The first-order valence-corrected chi connectivity index (χ1v) is 7.50. The second kappa shape index (κ2) is 5.82. The van der Waals surface area contributed by atoms with Gasteiger partial charge in [0.25, 0.3) is 5.91 Å². The van der Waals surface area contributed by atoms with Gasteiger partial charge in [-0.25, -0.2) is 13.5 Å². The van der Waals surface area contributed by atoms with Crippen LogP contribution in [0.4, 0.5) is 27.8 Å². The number of carbonyl (C=O) groups excluding carboxylic acids is 1. The van der Waals surface area contributed by atoms with E-state index in [4.69, 9.17) is 0 Å². The van der Waals surface area contributed by atoms with Crippen LogP contribution in [0.5, 0.6) is 0 Å². The van der Waals surface area contributed by atoms with Crippen LogP contribution in [0.1, 0.15) is 35.4 Å². The summed E-state index contributed by atoms with van der Waals surface area (Å²) in [7, 11) is 0. The number of alkyl halides is 3. The number of aromatic nitrogens is 2. The van der Waals surface area contributed by atoms with Crippen molar-refractivity contribution in [3.8, 4) is 0 Å². The SMILES string of the molecule is Cc1cc2n(n1)[C@H](C)C[C@@H](C(F)(F)F)N2C(=O)c1cc(F)cc(F)c1. The number of benzene rings is 1. The number of aryl methyl sites for hydroxylation is 1.